The third-order valence-electron chi connectivity index (χ3n) is 2.93. The van der Waals surface area contributed by atoms with Gasteiger partial charge in [-0.3, -0.25) is 4.79 Å². The lowest BCUT2D eigenvalue weighted by atomic mass is 10.1. The van der Waals surface area contributed by atoms with E-state index < -0.39 is 16.8 Å². The fourth-order valence-electron chi connectivity index (χ4n) is 1.45. The largest absolute Gasteiger partial charge is 0.480 e. The lowest BCUT2D eigenvalue weighted by molar-refractivity contribution is -0.139. The van der Waals surface area contributed by atoms with Crippen molar-refractivity contribution in [2.24, 2.45) is 5.73 Å². The molecule has 100 valence electrons. The minimum Gasteiger partial charge on any atom is -0.480 e. The van der Waals surface area contributed by atoms with Crippen LogP contribution in [0.3, 0.4) is 0 Å². The smallest absolute Gasteiger partial charge is 0.321 e. The Labute approximate surface area is 111 Å². The Bertz CT molecular complexity index is 449. The normalized spacial score (nSPS) is 13.4. The molecule has 3 N–H and O–H groups in total. The minimum absolute atomic E-state index is 0.281. The Hall–Kier alpha value is -1.07. The summed E-state index contributed by atoms with van der Waals surface area (Å²) in [4.78, 5) is 10.9. The van der Waals surface area contributed by atoms with E-state index >= 15 is 0 Å². The van der Waals surface area contributed by atoms with Crippen molar-refractivity contribution in [3.63, 3.8) is 0 Å². The number of benzene rings is 1. The molecule has 0 bridgehead atoms. The van der Waals surface area contributed by atoms with E-state index in [2.05, 4.69) is 0 Å². The van der Waals surface area contributed by atoms with Crippen molar-refractivity contribution in [2.45, 2.75) is 37.3 Å². The first-order valence-corrected chi connectivity index (χ1v) is 6.60. The number of rotatable bonds is 5. The van der Waals surface area contributed by atoms with Gasteiger partial charge in [-0.05, 0) is 44.0 Å². The Balaban J connectivity index is 2.75. The molecule has 0 saturated carbocycles. The molecule has 0 aliphatic rings. The van der Waals surface area contributed by atoms with Crippen molar-refractivity contribution in [3.8, 4) is 0 Å². The monoisotopic (exact) mass is 271 g/mol. The molecule has 0 aliphatic carbocycles. The summed E-state index contributed by atoms with van der Waals surface area (Å²) < 4.78 is 12.5. The van der Waals surface area contributed by atoms with Crippen LogP contribution in [0.25, 0.3) is 0 Å². The van der Waals surface area contributed by atoms with E-state index in [4.69, 9.17) is 10.8 Å². The maximum Gasteiger partial charge on any atom is 0.321 e. The van der Waals surface area contributed by atoms with Crippen LogP contribution in [0.1, 0.15) is 25.0 Å². The number of halogens is 1. The van der Waals surface area contributed by atoms with Crippen LogP contribution in [-0.2, 0) is 10.5 Å². The fraction of sp³-hybridized carbons (Fsp3) is 0.462. The van der Waals surface area contributed by atoms with Gasteiger partial charge in [0.15, 0.2) is 0 Å². The molecule has 0 aromatic heterocycles. The first-order valence-electron chi connectivity index (χ1n) is 5.61. The van der Waals surface area contributed by atoms with Crippen LogP contribution < -0.4 is 5.73 Å². The summed E-state index contributed by atoms with van der Waals surface area (Å²) in [6.45, 7) is 5.47. The Morgan fingerprint density at radius 3 is 2.72 bits per heavy atom. The van der Waals surface area contributed by atoms with E-state index in [1.54, 1.807) is 19.9 Å². The fourth-order valence-corrected chi connectivity index (χ4v) is 2.57. The zero-order valence-corrected chi connectivity index (χ0v) is 11.6. The number of nitrogens with two attached hydrogens (primary N) is 1. The van der Waals surface area contributed by atoms with Crippen LogP contribution in [0.5, 0.6) is 0 Å². The first kappa shape index (κ1) is 15.0. The number of carboxylic acid groups (broad SMARTS) is 1. The number of aliphatic carboxylic acids is 1. The molecule has 0 amide bonds. The van der Waals surface area contributed by atoms with Gasteiger partial charge in [0.2, 0.25) is 0 Å². The molecule has 0 fully saturated rings. The molecule has 3 nitrogen and oxygen atoms in total. The van der Waals surface area contributed by atoms with E-state index in [-0.39, 0.29) is 5.82 Å². The molecular weight excluding hydrogens is 253 g/mol. The molecule has 0 aliphatic heterocycles. The molecule has 0 spiro atoms. The number of thioether (sulfide) groups is 1. The molecule has 1 aromatic carbocycles. The standard InChI is InChI=1S/C13H18FNO2S/c1-8-4-5-10(14)6-9(8)7-18-13(2,3)11(15)12(16)17/h4-6,11H,7,15H2,1-3H3,(H,16,17)/t11-/m1/s1. The predicted molar refractivity (Wildman–Crippen MR) is 72.1 cm³/mol. The highest BCUT2D eigenvalue weighted by Crippen LogP contribution is 2.31. The van der Waals surface area contributed by atoms with Gasteiger partial charge in [0.25, 0.3) is 0 Å². The van der Waals surface area contributed by atoms with Crippen molar-refractivity contribution in [3.05, 3.63) is 35.1 Å². The van der Waals surface area contributed by atoms with Crippen molar-refractivity contribution in [2.75, 3.05) is 0 Å². The third kappa shape index (κ3) is 3.71. The summed E-state index contributed by atoms with van der Waals surface area (Å²) >= 11 is 1.42. The van der Waals surface area contributed by atoms with E-state index in [1.807, 2.05) is 6.92 Å². The van der Waals surface area contributed by atoms with Gasteiger partial charge < -0.3 is 10.8 Å². The van der Waals surface area contributed by atoms with Crippen LogP contribution in [0.2, 0.25) is 0 Å². The van der Waals surface area contributed by atoms with Crippen molar-refractivity contribution in [1.29, 1.82) is 0 Å². The highest BCUT2D eigenvalue weighted by atomic mass is 32.2. The summed E-state index contributed by atoms with van der Waals surface area (Å²) in [7, 11) is 0. The molecule has 5 heteroatoms. The zero-order chi connectivity index (χ0) is 13.9. The lowest BCUT2D eigenvalue weighted by Gasteiger charge is -2.28. The molecule has 1 rings (SSSR count). The highest BCUT2D eigenvalue weighted by Gasteiger charge is 2.32. The average molecular weight is 271 g/mol. The SMILES string of the molecule is Cc1ccc(F)cc1CSC(C)(C)[C@H](N)C(=O)O. The summed E-state index contributed by atoms with van der Waals surface area (Å²) in [5.41, 5.74) is 7.49. The van der Waals surface area contributed by atoms with Gasteiger partial charge >= 0.3 is 5.97 Å². The highest BCUT2D eigenvalue weighted by molar-refractivity contribution is 7.99. The van der Waals surface area contributed by atoms with Crippen LogP contribution in [-0.4, -0.2) is 21.9 Å². The van der Waals surface area contributed by atoms with Gasteiger partial charge in [0.1, 0.15) is 11.9 Å². The number of carbonyl (C=O) groups is 1. The molecule has 0 saturated heterocycles. The van der Waals surface area contributed by atoms with Crippen LogP contribution >= 0.6 is 11.8 Å². The molecule has 1 atom stereocenters. The molecule has 0 heterocycles. The topological polar surface area (TPSA) is 63.3 Å². The van der Waals surface area contributed by atoms with Gasteiger partial charge in [-0.1, -0.05) is 6.07 Å². The third-order valence-corrected chi connectivity index (χ3v) is 4.38. The molecule has 18 heavy (non-hydrogen) atoms. The zero-order valence-electron chi connectivity index (χ0n) is 10.7. The average Bonchev–Trinajstić information content (AvgIpc) is 2.29. The second kappa shape index (κ2) is 5.71. The van der Waals surface area contributed by atoms with E-state index in [9.17, 15) is 9.18 Å². The molecule has 1 aromatic rings. The van der Waals surface area contributed by atoms with E-state index in [1.165, 1.54) is 23.9 Å². The van der Waals surface area contributed by atoms with Crippen LogP contribution in [0.4, 0.5) is 4.39 Å². The number of hydrogen-bond donors (Lipinski definition) is 2. The van der Waals surface area contributed by atoms with Crippen molar-refractivity contribution >= 4 is 17.7 Å². The number of hydrogen-bond acceptors (Lipinski definition) is 3. The van der Waals surface area contributed by atoms with Gasteiger partial charge in [-0.15, -0.1) is 11.8 Å². The number of aryl methyl sites for hydroxylation is 1. The molecular formula is C13H18FNO2S. The minimum atomic E-state index is -1.02. The van der Waals surface area contributed by atoms with Crippen LogP contribution in [0.15, 0.2) is 18.2 Å². The molecule has 0 radical (unpaired) electrons. The second-order valence-corrected chi connectivity index (χ2v) is 6.41. The second-order valence-electron chi connectivity index (χ2n) is 4.78. The van der Waals surface area contributed by atoms with E-state index in [0.717, 1.165) is 11.1 Å². The Morgan fingerprint density at radius 2 is 2.17 bits per heavy atom. The van der Waals surface area contributed by atoms with E-state index in [0.29, 0.717) is 5.75 Å². The van der Waals surface area contributed by atoms with Crippen molar-refractivity contribution in [1.82, 2.24) is 0 Å². The molecule has 0 unspecified atom stereocenters. The van der Waals surface area contributed by atoms with Gasteiger partial charge in [0.05, 0.1) is 0 Å². The van der Waals surface area contributed by atoms with Crippen molar-refractivity contribution < 1.29 is 14.3 Å². The quantitative estimate of drug-likeness (QED) is 0.864. The maximum atomic E-state index is 13.1. The van der Waals surface area contributed by atoms with Crippen LogP contribution in [0, 0.1) is 12.7 Å². The van der Waals surface area contributed by atoms with Gasteiger partial charge in [0, 0.05) is 10.5 Å². The summed E-state index contributed by atoms with van der Waals surface area (Å²) in [6.07, 6.45) is 0. The van der Waals surface area contributed by atoms with Gasteiger partial charge in [-0.25, -0.2) is 4.39 Å². The lowest BCUT2D eigenvalue weighted by Crippen LogP contribution is -2.46. The Kier molecular flexibility index (Phi) is 4.76. The maximum absolute atomic E-state index is 13.1. The summed E-state index contributed by atoms with van der Waals surface area (Å²) in [5.74, 6) is -0.766. The Morgan fingerprint density at radius 1 is 1.56 bits per heavy atom. The first-order chi connectivity index (χ1) is 8.24. The predicted octanol–water partition coefficient (Wildman–Crippen LogP) is 2.56. The van der Waals surface area contributed by atoms with Gasteiger partial charge in [-0.2, -0.15) is 0 Å². The number of carboxylic acids is 1. The summed E-state index contributed by atoms with van der Waals surface area (Å²) in [5, 5.41) is 8.92. The summed E-state index contributed by atoms with van der Waals surface area (Å²) in [6, 6.07) is 3.66.